The summed E-state index contributed by atoms with van der Waals surface area (Å²) in [7, 11) is 0. The zero-order chi connectivity index (χ0) is 13.9. The summed E-state index contributed by atoms with van der Waals surface area (Å²) in [5, 5.41) is 3.40. The Morgan fingerprint density at radius 1 is 1.40 bits per heavy atom. The molecule has 108 valence electrons. The summed E-state index contributed by atoms with van der Waals surface area (Å²) in [5.74, 6) is 1.68. The van der Waals surface area contributed by atoms with Crippen molar-refractivity contribution in [3.05, 3.63) is 23.8 Å². The number of carbonyl (C=O) groups excluding carboxylic acids is 1. The Hall–Kier alpha value is -1.55. The van der Waals surface area contributed by atoms with Crippen LogP contribution in [0, 0.1) is 5.92 Å². The standard InChI is InChI=1S/C16H22N2O2/c1-12(19)18-8-9-20-16-3-2-14(11-15(16)18)10-13-4-6-17-7-5-13/h2-3,11,13,17H,4-10H2,1H3. The normalized spacial score (nSPS) is 19.4. The molecule has 1 N–H and O–H groups in total. The van der Waals surface area contributed by atoms with E-state index < -0.39 is 0 Å². The van der Waals surface area contributed by atoms with Gasteiger partial charge in [0.25, 0.3) is 0 Å². The van der Waals surface area contributed by atoms with Crippen molar-refractivity contribution >= 4 is 11.6 Å². The zero-order valence-electron chi connectivity index (χ0n) is 12.0. The predicted octanol–water partition coefficient (Wildman–Crippen LogP) is 1.97. The number of rotatable bonds is 2. The molecule has 1 aromatic rings. The molecule has 20 heavy (non-hydrogen) atoms. The van der Waals surface area contributed by atoms with Gasteiger partial charge in [-0.3, -0.25) is 4.79 Å². The van der Waals surface area contributed by atoms with Gasteiger partial charge in [0.15, 0.2) is 0 Å². The molecular weight excluding hydrogens is 252 g/mol. The van der Waals surface area contributed by atoms with Crippen LogP contribution in [-0.2, 0) is 11.2 Å². The molecule has 2 aliphatic rings. The van der Waals surface area contributed by atoms with Crippen LogP contribution in [0.3, 0.4) is 0 Å². The minimum absolute atomic E-state index is 0.0913. The largest absolute Gasteiger partial charge is 0.490 e. The molecule has 0 bridgehead atoms. The van der Waals surface area contributed by atoms with Crippen LogP contribution < -0.4 is 15.0 Å². The van der Waals surface area contributed by atoms with E-state index in [1.807, 2.05) is 11.0 Å². The number of piperidine rings is 1. The van der Waals surface area contributed by atoms with Gasteiger partial charge in [0.1, 0.15) is 12.4 Å². The van der Waals surface area contributed by atoms with E-state index in [1.54, 1.807) is 6.92 Å². The highest BCUT2D eigenvalue weighted by molar-refractivity contribution is 5.93. The summed E-state index contributed by atoms with van der Waals surface area (Å²) < 4.78 is 5.64. The van der Waals surface area contributed by atoms with Crippen LogP contribution in [0.1, 0.15) is 25.3 Å². The van der Waals surface area contributed by atoms with Gasteiger partial charge in [-0.2, -0.15) is 0 Å². The Morgan fingerprint density at radius 2 is 2.20 bits per heavy atom. The topological polar surface area (TPSA) is 41.6 Å². The fraction of sp³-hybridized carbons (Fsp3) is 0.562. The van der Waals surface area contributed by atoms with Crippen LogP contribution in [0.25, 0.3) is 0 Å². The molecule has 0 saturated carbocycles. The average Bonchev–Trinajstić information content (AvgIpc) is 2.47. The van der Waals surface area contributed by atoms with Crippen LogP contribution in [0.15, 0.2) is 18.2 Å². The van der Waals surface area contributed by atoms with Crippen molar-refractivity contribution in [2.75, 3.05) is 31.1 Å². The average molecular weight is 274 g/mol. The first kappa shape index (κ1) is 13.4. The van der Waals surface area contributed by atoms with Gasteiger partial charge in [-0.15, -0.1) is 0 Å². The second-order valence-electron chi connectivity index (χ2n) is 5.72. The monoisotopic (exact) mass is 274 g/mol. The van der Waals surface area contributed by atoms with Gasteiger partial charge >= 0.3 is 0 Å². The third kappa shape index (κ3) is 2.80. The fourth-order valence-electron chi connectivity index (χ4n) is 3.14. The lowest BCUT2D eigenvalue weighted by Crippen LogP contribution is -2.36. The Labute approximate surface area is 120 Å². The first-order valence-electron chi connectivity index (χ1n) is 7.48. The minimum atomic E-state index is 0.0913. The first-order valence-corrected chi connectivity index (χ1v) is 7.48. The second kappa shape index (κ2) is 5.83. The molecule has 0 atom stereocenters. The van der Waals surface area contributed by atoms with Crippen LogP contribution >= 0.6 is 0 Å². The summed E-state index contributed by atoms with van der Waals surface area (Å²) in [6.07, 6.45) is 3.58. The van der Waals surface area contributed by atoms with E-state index in [4.69, 9.17) is 4.74 Å². The van der Waals surface area contributed by atoms with E-state index in [0.29, 0.717) is 13.2 Å². The SMILES string of the molecule is CC(=O)N1CCOc2ccc(CC3CCNCC3)cc21. The van der Waals surface area contributed by atoms with E-state index in [9.17, 15) is 4.79 Å². The van der Waals surface area contributed by atoms with Crippen LogP contribution in [0.2, 0.25) is 0 Å². The highest BCUT2D eigenvalue weighted by Crippen LogP contribution is 2.33. The summed E-state index contributed by atoms with van der Waals surface area (Å²) in [4.78, 5) is 13.5. The van der Waals surface area contributed by atoms with E-state index in [-0.39, 0.29) is 5.91 Å². The summed E-state index contributed by atoms with van der Waals surface area (Å²) in [5.41, 5.74) is 2.25. The number of fused-ring (bicyclic) bond motifs is 1. The molecule has 2 aliphatic heterocycles. The smallest absolute Gasteiger partial charge is 0.224 e. The lowest BCUT2D eigenvalue weighted by Gasteiger charge is -2.29. The van der Waals surface area contributed by atoms with E-state index in [1.165, 1.54) is 18.4 Å². The molecule has 0 spiro atoms. The maximum atomic E-state index is 11.7. The quantitative estimate of drug-likeness (QED) is 0.896. The number of ether oxygens (including phenoxy) is 1. The number of hydrogen-bond donors (Lipinski definition) is 1. The molecule has 0 radical (unpaired) electrons. The minimum Gasteiger partial charge on any atom is -0.490 e. The molecule has 0 aromatic heterocycles. The molecule has 1 fully saturated rings. The second-order valence-corrected chi connectivity index (χ2v) is 5.72. The highest BCUT2D eigenvalue weighted by atomic mass is 16.5. The first-order chi connectivity index (χ1) is 9.74. The van der Waals surface area contributed by atoms with Gasteiger partial charge in [-0.25, -0.2) is 0 Å². The molecule has 1 aromatic carbocycles. The number of carbonyl (C=O) groups is 1. The lowest BCUT2D eigenvalue weighted by atomic mass is 9.90. The molecule has 1 amide bonds. The van der Waals surface area contributed by atoms with Crippen molar-refractivity contribution in [3.8, 4) is 5.75 Å². The molecule has 2 heterocycles. The third-order valence-electron chi connectivity index (χ3n) is 4.25. The van der Waals surface area contributed by atoms with Gasteiger partial charge in [-0.05, 0) is 56.0 Å². The Bertz CT molecular complexity index is 495. The van der Waals surface area contributed by atoms with Crippen LogP contribution in [0.4, 0.5) is 5.69 Å². The molecule has 4 nitrogen and oxygen atoms in total. The zero-order valence-corrected chi connectivity index (χ0v) is 12.0. The third-order valence-corrected chi connectivity index (χ3v) is 4.25. The van der Waals surface area contributed by atoms with Crippen molar-refractivity contribution in [2.24, 2.45) is 5.92 Å². The Balaban J connectivity index is 1.79. The number of anilines is 1. The maximum absolute atomic E-state index is 11.7. The Morgan fingerprint density at radius 3 is 2.95 bits per heavy atom. The van der Waals surface area contributed by atoms with Crippen LogP contribution in [-0.4, -0.2) is 32.1 Å². The van der Waals surface area contributed by atoms with Crippen LogP contribution in [0.5, 0.6) is 5.75 Å². The molecule has 3 rings (SSSR count). The Kier molecular flexibility index (Phi) is 3.92. The van der Waals surface area contributed by atoms with Crippen molar-refractivity contribution in [3.63, 3.8) is 0 Å². The van der Waals surface area contributed by atoms with Crippen molar-refractivity contribution in [2.45, 2.75) is 26.2 Å². The molecule has 4 heteroatoms. The number of nitrogens with zero attached hydrogens (tertiary/aromatic N) is 1. The predicted molar refractivity (Wildman–Crippen MR) is 79.3 cm³/mol. The molecule has 0 unspecified atom stereocenters. The molecule has 1 saturated heterocycles. The highest BCUT2D eigenvalue weighted by Gasteiger charge is 2.22. The fourth-order valence-corrected chi connectivity index (χ4v) is 3.14. The maximum Gasteiger partial charge on any atom is 0.224 e. The van der Waals surface area contributed by atoms with E-state index in [0.717, 1.165) is 36.9 Å². The summed E-state index contributed by atoms with van der Waals surface area (Å²) in [6, 6.07) is 6.29. The number of hydrogen-bond acceptors (Lipinski definition) is 3. The van der Waals surface area contributed by atoms with E-state index >= 15 is 0 Å². The van der Waals surface area contributed by atoms with Gasteiger partial charge in [0.05, 0.1) is 12.2 Å². The summed E-state index contributed by atoms with van der Waals surface area (Å²) in [6.45, 7) is 5.10. The number of nitrogens with one attached hydrogen (secondary N) is 1. The number of benzene rings is 1. The van der Waals surface area contributed by atoms with E-state index in [2.05, 4.69) is 17.4 Å². The molecule has 0 aliphatic carbocycles. The van der Waals surface area contributed by atoms with Gasteiger partial charge < -0.3 is 15.0 Å². The van der Waals surface area contributed by atoms with Gasteiger partial charge in [-0.1, -0.05) is 6.07 Å². The van der Waals surface area contributed by atoms with Gasteiger partial charge in [0.2, 0.25) is 5.91 Å². The van der Waals surface area contributed by atoms with Crippen molar-refractivity contribution in [1.29, 1.82) is 0 Å². The van der Waals surface area contributed by atoms with Crippen molar-refractivity contribution in [1.82, 2.24) is 5.32 Å². The summed E-state index contributed by atoms with van der Waals surface area (Å²) >= 11 is 0. The number of amides is 1. The lowest BCUT2D eigenvalue weighted by molar-refractivity contribution is -0.116. The van der Waals surface area contributed by atoms with Gasteiger partial charge in [0, 0.05) is 6.92 Å². The van der Waals surface area contributed by atoms with Crippen molar-refractivity contribution < 1.29 is 9.53 Å². The molecular formula is C16H22N2O2.